The number of morpholine rings is 1. The Bertz CT molecular complexity index is 1030. The minimum Gasteiger partial charge on any atom is -0.423 e. The van der Waals surface area contributed by atoms with Crippen molar-refractivity contribution >= 4 is 11.0 Å². The van der Waals surface area contributed by atoms with Crippen molar-refractivity contribution in [2.75, 3.05) is 26.3 Å². The highest BCUT2D eigenvalue weighted by molar-refractivity contribution is 5.80. The van der Waals surface area contributed by atoms with Crippen LogP contribution in [0.3, 0.4) is 0 Å². The summed E-state index contributed by atoms with van der Waals surface area (Å²) in [5.41, 5.74) is 3.81. The fourth-order valence-corrected chi connectivity index (χ4v) is 4.34. The van der Waals surface area contributed by atoms with Gasteiger partial charge in [0.25, 0.3) is 0 Å². The normalized spacial score (nSPS) is 17.1. The highest BCUT2D eigenvalue weighted by atomic mass is 16.5. The molecule has 30 heavy (non-hydrogen) atoms. The van der Waals surface area contributed by atoms with E-state index in [-0.39, 0.29) is 17.7 Å². The predicted octanol–water partition coefficient (Wildman–Crippen LogP) is 3.91. The molecule has 0 spiro atoms. The van der Waals surface area contributed by atoms with Crippen molar-refractivity contribution in [1.82, 2.24) is 10.2 Å². The van der Waals surface area contributed by atoms with E-state index in [1.807, 2.05) is 6.07 Å². The van der Waals surface area contributed by atoms with Gasteiger partial charge in [-0.15, -0.1) is 0 Å². The topological polar surface area (TPSA) is 54.7 Å². The summed E-state index contributed by atoms with van der Waals surface area (Å²) in [7, 11) is 0. The van der Waals surface area contributed by atoms with Gasteiger partial charge in [0.2, 0.25) is 0 Å². The quantitative estimate of drug-likeness (QED) is 0.603. The van der Waals surface area contributed by atoms with Gasteiger partial charge in [-0.05, 0) is 36.1 Å². The SMILES string of the molecule is CCc1ccc2c(CN[C@@H](C)[C@@H](c3ccccc3)N3CCOCC3)cc(=O)oc2c1. The molecule has 2 aromatic carbocycles. The number of nitrogens with zero attached hydrogens (tertiary/aromatic N) is 1. The average molecular weight is 407 g/mol. The highest BCUT2D eigenvalue weighted by Crippen LogP contribution is 2.26. The second-order valence-corrected chi connectivity index (χ2v) is 7.95. The molecule has 0 radical (unpaired) electrons. The summed E-state index contributed by atoms with van der Waals surface area (Å²) in [6, 6.07) is 18.8. The third-order valence-electron chi connectivity index (χ3n) is 5.97. The Morgan fingerprint density at radius 2 is 1.83 bits per heavy atom. The van der Waals surface area contributed by atoms with E-state index < -0.39 is 0 Å². The lowest BCUT2D eigenvalue weighted by molar-refractivity contribution is 0.00855. The zero-order valence-corrected chi connectivity index (χ0v) is 17.8. The van der Waals surface area contributed by atoms with E-state index in [2.05, 4.69) is 66.5 Å². The lowest BCUT2D eigenvalue weighted by Crippen LogP contribution is -2.46. The highest BCUT2D eigenvalue weighted by Gasteiger charge is 2.27. The van der Waals surface area contributed by atoms with Crippen LogP contribution in [0, 0.1) is 0 Å². The fourth-order valence-electron chi connectivity index (χ4n) is 4.34. The molecule has 0 unspecified atom stereocenters. The summed E-state index contributed by atoms with van der Waals surface area (Å²) in [5, 5.41) is 4.67. The second kappa shape index (κ2) is 9.56. The molecule has 1 fully saturated rings. The van der Waals surface area contributed by atoms with Gasteiger partial charge in [-0.25, -0.2) is 4.79 Å². The molecule has 1 saturated heterocycles. The Morgan fingerprint density at radius 3 is 2.57 bits per heavy atom. The summed E-state index contributed by atoms with van der Waals surface area (Å²) in [5.74, 6) is 0. The summed E-state index contributed by atoms with van der Waals surface area (Å²) in [4.78, 5) is 14.6. The van der Waals surface area contributed by atoms with Crippen LogP contribution in [-0.2, 0) is 17.7 Å². The number of hydrogen-bond donors (Lipinski definition) is 1. The van der Waals surface area contributed by atoms with Gasteiger partial charge in [0, 0.05) is 37.1 Å². The van der Waals surface area contributed by atoms with Crippen LogP contribution in [0.4, 0.5) is 0 Å². The van der Waals surface area contributed by atoms with Gasteiger partial charge in [-0.3, -0.25) is 4.90 Å². The van der Waals surface area contributed by atoms with Crippen LogP contribution < -0.4 is 10.9 Å². The molecule has 1 aliphatic heterocycles. The molecule has 1 N–H and O–H groups in total. The second-order valence-electron chi connectivity index (χ2n) is 7.95. The van der Waals surface area contributed by atoms with Crippen LogP contribution in [0.1, 0.15) is 36.6 Å². The Morgan fingerprint density at radius 1 is 1.07 bits per heavy atom. The summed E-state index contributed by atoms with van der Waals surface area (Å²) in [6.45, 7) is 8.30. The van der Waals surface area contributed by atoms with E-state index in [1.165, 1.54) is 11.1 Å². The first-order chi connectivity index (χ1) is 14.7. The van der Waals surface area contributed by atoms with E-state index in [0.717, 1.165) is 43.7 Å². The maximum absolute atomic E-state index is 12.1. The number of rotatable bonds is 7. The van der Waals surface area contributed by atoms with Crippen molar-refractivity contribution in [2.45, 2.75) is 38.9 Å². The predicted molar refractivity (Wildman–Crippen MR) is 120 cm³/mol. The third kappa shape index (κ3) is 4.64. The summed E-state index contributed by atoms with van der Waals surface area (Å²) in [6.07, 6.45) is 0.914. The Hall–Kier alpha value is -2.47. The van der Waals surface area contributed by atoms with Gasteiger partial charge in [0.15, 0.2) is 0 Å². The van der Waals surface area contributed by atoms with E-state index in [4.69, 9.17) is 9.15 Å². The minimum absolute atomic E-state index is 0.197. The molecule has 158 valence electrons. The summed E-state index contributed by atoms with van der Waals surface area (Å²) < 4.78 is 11.0. The molecule has 3 aromatic rings. The lowest BCUT2D eigenvalue weighted by atomic mass is 9.97. The molecular formula is C25H30N2O3. The molecule has 2 atom stereocenters. The number of nitrogens with one attached hydrogen (secondary N) is 1. The van der Waals surface area contributed by atoms with Crippen molar-refractivity contribution in [3.05, 3.63) is 81.7 Å². The van der Waals surface area contributed by atoms with E-state index in [9.17, 15) is 4.79 Å². The number of fused-ring (bicyclic) bond motifs is 1. The van der Waals surface area contributed by atoms with Crippen molar-refractivity contribution in [3.63, 3.8) is 0 Å². The van der Waals surface area contributed by atoms with Crippen LogP contribution in [-0.4, -0.2) is 37.2 Å². The van der Waals surface area contributed by atoms with Crippen molar-refractivity contribution in [3.8, 4) is 0 Å². The molecule has 0 aliphatic carbocycles. The smallest absolute Gasteiger partial charge is 0.336 e. The molecule has 5 heteroatoms. The molecule has 5 nitrogen and oxygen atoms in total. The molecule has 1 aromatic heterocycles. The number of benzene rings is 2. The van der Waals surface area contributed by atoms with Gasteiger partial charge >= 0.3 is 5.63 Å². The lowest BCUT2D eigenvalue weighted by Gasteiger charge is -2.38. The molecule has 2 heterocycles. The Kier molecular flexibility index (Phi) is 6.62. The fraction of sp³-hybridized carbons (Fsp3) is 0.400. The standard InChI is InChI=1S/C25H30N2O3/c1-3-19-9-10-22-21(16-24(28)30-23(22)15-19)17-26-18(2)25(20-7-5-4-6-8-20)27-11-13-29-14-12-27/h4-10,15-16,18,25-26H,3,11-14,17H2,1-2H3/t18-,25-/m0/s1. The summed E-state index contributed by atoms with van der Waals surface area (Å²) >= 11 is 0. The van der Waals surface area contributed by atoms with E-state index >= 15 is 0 Å². The van der Waals surface area contributed by atoms with Crippen LogP contribution in [0.5, 0.6) is 0 Å². The number of aryl methyl sites for hydroxylation is 1. The Balaban J connectivity index is 1.57. The zero-order valence-electron chi connectivity index (χ0n) is 17.8. The van der Waals surface area contributed by atoms with Crippen molar-refractivity contribution in [1.29, 1.82) is 0 Å². The van der Waals surface area contributed by atoms with Crippen LogP contribution in [0.25, 0.3) is 11.0 Å². The monoisotopic (exact) mass is 406 g/mol. The first-order valence-electron chi connectivity index (χ1n) is 10.8. The molecule has 0 bridgehead atoms. The van der Waals surface area contributed by atoms with Gasteiger partial charge < -0.3 is 14.5 Å². The Labute approximate surface area is 177 Å². The van der Waals surface area contributed by atoms with E-state index in [1.54, 1.807) is 6.07 Å². The first-order valence-corrected chi connectivity index (χ1v) is 10.8. The number of ether oxygens (including phenoxy) is 1. The molecular weight excluding hydrogens is 376 g/mol. The molecule has 0 saturated carbocycles. The van der Waals surface area contributed by atoms with Gasteiger partial charge in [-0.1, -0.05) is 49.4 Å². The zero-order chi connectivity index (χ0) is 20.9. The van der Waals surface area contributed by atoms with E-state index in [0.29, 0.717) is 12.1 Å². The first kappa shape index (κ1) is 20.8. The average Bonchev–Trinajstić information content (AvgIpc) is 2.78. The van der Waals surface area contributed by atoms with Crippen LogP contribution >= 0.6 is 0 Å². The maximum Gasteiger partial charge on any atom is 0.336 e. The van der Waals surface area contributed by atoms with Crippen molar-refractivity contribution < 1.29 is 9.15 Å². The van der Waals surface area contributed by atoms with Gasteiger partial charge in [0.05, 0.1) is 19.3 Å². The van der Waals surface area contributed by atoms with Gasteiger partial charge in [-0.2, -0.15) is 0 Å². The third-order valence-corrected chi connectivity index (χ3v) is 5.97. The number of hydrogen-bond acceptors (Lipinski definition) is 5. The molecule has 0 amide bonds. The largest absolute Gasteiger partial charge is 0.423 e. The van der Waals surface area contributed by atoms with Crippen molar-refractivity contribution in [2.24, 2.45) is 0 Å². The molecule has 1 aliphatic rings. The maximum atomic E-state index is 12.1. The minimum atomic E-state index is -0.298. The van der Waals surface area contributed by atoms with Gasteiger partial charge in [0.1, 0.15) is 5.58 Å². The molecule has 4 rings (SSSR count). The van der Waals surface area contributed by atoms with Crippen LogP contribution in [0.15, 0.2) is 63.8 Å². The van der Waals surface area contributed by atoms with Crippen LogP contribution in [0.2, 0.25) is 0 Å².